The van der Waals surface area contributed by atoms with E-state index < -0.39 is 18.5 Å². The zero-order valence-corrected chi connectivity index (χ0v) is 11.2. The van der Waals surface area contributed by atoms with Gasteiger partial charge >= 0.3 is 12.1 Å². The number of carbonyl (C=O) groups is 1. The third kappa shape index (κ3) is 3.46. The van der Waals surface area contributed by atoms with E-state index in [0.29, 0.717) is 18.5 Å². The van der Waals surface area contributed by atoms with Gasteiger partial charge in [0.2, 0.25) is 0 Å². The fraction of sp³-hybridized carbons (Fsp3) is 0.667. The molecule has 0 N–H and O–H groups in total. The van der Waals surface area contributed by atoms with Crippen molar-refractivity contribution in [3.8, 4) is 0 Å². The first kappa shape index (κ1) is 14.3. The Morgan fingerprint density at radius 3 is 2.89 bits per heavy atom. The summed E-state index contributed by atoms with van der Waals surface area (Å²) in [6, 6.07) is 0. The number of nitrogens with zero attached hydrogens (tertiary/aromatic N) is 1. The molecule has 0 saturated carbocycles. The zero-order chi connectivity index (χ0) is 14.0. The molecule has 0 spiro atoms. The highest BCUT2D eigenvalue weighted by atomic mass is 32.1. The fourth-order valence-electron chi connectivity index (χ4n) is 2.19. The van der Waals surface area contributed by atoms with Gasteiger partial charge in [-0.25, -0.2) is 4.98 Å². The van der Waals surface area contributed by atoms with Crippen LogP contribution in [0.2, 0.25) is 0 Å². The molecular formula is C12H14F3NO2S. The maximum atomic E-state index is 12.4. The van der Waals surface area contributed by atoms with Crippen LogP contribution in [0.25, 0.3) is 0 Å². The zero-order valence-electron chi connectivity index (χ0n) is 10.4. The Morgan fingerprint density at radius 1 is 1.53 bits per heavy atom. The molecule has 0 fully saturated rings. The van der Waals surface area contributed by atoms with E-state index in [1.807, 2.05) is 0 Å². The molecule has 0 bridgehead atoms. The molecule has 19 heavy (non-hydrogen) atoms. The van der Waals surface area contributed by atoms with Crippen LogP contribution in [0, 0.1) is 0 Å². The first-order valence-corrected chi connectivity index (χ1v) is 6.94. The van der Waals surface area contributed by atoms with Gasteiger partial charge in [-0.3, -0.25) is 4.79 Å². The van der Waals surface area contributed by atoms with Crippen molar-refractivity contribution in [1.29, 1.82) is 0 Å². The van der Waals surface area contributed by atoms with Crippen LogP contribution in [0.5, 0.6) is 0 Å². The van der Waals surface area contributed by atoms with E-state index in [2.05, 4.69) is 4.98 Å². The van der Waals surface area contributed by atoms with Crippen molar-refractivity contribution >= 4 is 17.3 Å². The third-order valence-electron chi connectivity index (χ3n) is 2.92. The quantitative estimate of drug-likeness (QED) is 0.803. The van der Waals surface area contributed by atoms with E-state index in [1.165, 1.54) is 0 Å². The number of rotatable bonds is 3. The van der Waals surface area contributed by atoms with E-state index in [-0.39, 0.29) is 17.6 Å². The van der Waals surface area contributed by atoms with E-state index in [0.717, 1.165) is 22.6 Å². The van der Waals surface area contributed by atoms with Crippen molar-refractivity contribution in [1.82, 2.24) is 4.98 Å². The van der Waals surface area contributed by atoms with Gasteiger partial charge in [0, 0.05) is 4.88 Å². The van der Waals surface area contributed by atoms with Crippen LogP contribution in [0.3, 0.4) is 0 Å². The topological polar surface area (TPSA) is 39.2 Å². The predicted octanol–water partition coefficient (Wildman–Crippen LogP) is 3.23. The van der Waals surface area contributed by atoms with Gasteiger partial charge in [-0.15, -0.1) is 11.3 Å². The molecule has 1 aliphatic carbocycles. The van der Waals surface area contributed by atoms with Crippen LogP contribution in [0.4, 0.5) is 13.2 Å². The summed E-state index contributed by atoms with van der Waals surface area (Å²) in [4.78, 5) is 16.6. The van der Waals surface area contributed by atoms with Crippen LogP contribution in [0.15, 0.2) is 0 Å². The summed E-state index contributed by atoms with van der Waals surface area (Å²) < 4.78 is 42.0. The van der Waals surface area contributed by atoms with E-state index >= 15 is 0 Å². The number of hydrogen-bond acceptors (Lipinski definition) is 4. The minimum atomic E-state index is -4.26. The number of hydrogen-bond donors (Lipinski definition) is 0. The summed E-state index contributed by atoms with van der Waals surface area (Å²) in [5.74, 6) is -0.880. The van der Waals surface area contributed by atoms with Crippen LogP contribution in [-0.2, 0) is 22.4 Å². The average Bonchev–Trinajstić information content (AvgIpc) is 2.68. The molecule has 1 atom stereocenters. The molecule has 106 valence electrons. The van der Waals surface area contributed by atoms with Gasteiger partial charge in [0.25, 0.3) is 0 Å². The molecule has 2 rings (SSSR count). The lowest BCUT2D eigenvalue weighted by atomic mass is 9.91. The Kier molecular flexibility index (Phi) is 4.13. The molecule has 0 aromatic carbocycles. The minimum absolute atomic E-state index is 0.0358. The van der Waals surface area contributed by atoms with Crippen molar-refractivity contribution in [2.75, 3.05) is 6.61 Å². The van der Waals surface area contributed by atoms with Crippen molar-refractivity contribution in [2.24, 2.45) is 0 Å². The second-order valence-corrected chi connectivity index (χ2v) is 5.57. The second kappa shape index (κ2) is 5.48. The SMILES string of the molecule is CCOC(=O)C1CCCc2sc(CC(F)(F)F)nc21. The molecule has 7 heteroatoms. The van der Waals surface area contributed by atoms with Gasteiger partial charge in [0.05, 0.1) is 18.7 Å². The molecule has 1 aliphatic rings. The predicted molar refractivity (Wildman–Crippen MR) is 64.2 cm³/mol. The molecule has 0 saturated heterocycles. The Morgan fingerprint density at radius 2 is 2.26 bits per heavy atom. The van der Waals surface area contributed by atoms with Crippen molar-refractivity contribution in [2.45, 2.75) is 44.7 Å². The maximum Gasteiger partial charge on any atom is 0.395 e. The highest BCUT2D eigenvalue weighted by Crippen LogP contribution is 2.37. The summed E-state index contributed by atoms with van der Waals surface area (Å²) in [6.07, 6.45) is -3.22. The number of aromatic nitrogens is 1. The Labute approximate surface area is 112 Å². The second-order valence-electron chi connectivity index (χ2n) is 4.40. The molecule has 0 amide bonds. The molecule has 0 radical (unpaired) electrons. The van der Waals surface area contributed by atoms with Gasteiger partial charge in [0.15, 0.2) is 0 Å². The smallest absolute Gasteiger partial charge is 0.395 e. The fourth-order valence-corrected chi connectivity index (χ4v) is 3.39. The van der Waals surface area contributed by atoms with Crippen LogP contribution in [0.1, 0.15) is 41.3 Å². The van der Waals surface area contributed by atoms with Gasteiger partial charge < -0.3 is 4.74 Å². The minimum Gasteiger partial charge on any atom is -0.465 e. The highest BCUT2D eigenvalue weighted by molar-refractivity contribution is 7.11. The summed E-state index contributed by atoms with van der Waals surface area (Å²) in [6.45, 7) is 1.97. The van der Waals surface area contributed by atoms with Gasteiger partial charge in [-0.1, -0.05) is 0 Å². The molecule has 0 aliphatic heterocycles. The first-order valence-electron chi connectivity index (χ1n) is 6.12. The largest absolute Gasteiger partial charge is 0.465 e. The number of ether oxygens (including phenoxy) is 1. The summed E-state index contributed by atoms with van der Waals surface area (Å²) in [5, 5.41) is 0.0358. The normalized spacial score (nSPS) is 19.1. The number of alkyl halides is 3. The number of carbonyl (C=O) groups excluding carboxylic acids is 1. The van der Waals surface area contributed by atoms with E-state index in [4.69, 9.17) is 4.74 Å². The monoisotopic (exact) mass is 293 g/mol. The standard InChI is InChI=1S/C12H14F3NO2S/c1-2-18-11(17)7-4-3-5-8-10(7)16-9(19-8)6-12(13,14)15/h7H,2-6H2,1H3. The lowest BCUT2D eigenvalue weighted by Gasteiger charge is -2.19. The first-order chi connectivity index (χ1) is 8.90. The summed E-state index contributed by atoms with van der Waals surface area (Å²) >= 11 is 1.06. The van der Waals surface area contributed by atoms with E-state index in [9.17, 15) is 18.0 Å². The summed E-state index contributed by atoms with van der Waals surface area (Å²) in [7, 11) is 0. The lowest BCUT2D eigenvalue weighted by Crippen LogP contribution is -2.20. The molecular weight excluding hydrogens is 279 g/mol. The molecule has 1 aromatic rings. The van der Waals surface area contributed by atoms with Gasteiger partial charge in [-0.05, 0) is 26.2 Å². The van der Waals surface area contributed by atoms with Crippen molar-refractivity contribution in [3.05, 3.63) is 15.6 Å². The number of thiazole rings is 1. The number of aryl methyl sites for hydroxylation is 1. The molecule has 1 aromatic heterocycles. The molecule has 3 nitrogen and oxygen atoms in total. The van der Waals surface area contributed by atoms with Crippen LogP contribution >= 0.6 is 11.3 Å². The number of halogens is 3. The Balaban J connectivity index is 2.22. The summed E-state index contributed by atoms with van der Waals surface area (Å²) in [5.41, 5.74) is 0.494. The van der Waals surface area contributed by atoms with Crippen LogP contribution in [-0.4, -0.2) is 23.7 Å². The van der Waals surface area contributed by atoms with Crippen LogP contribution < -0.4 is 0 Å². The highest BCUT2D eigenvalue weighted by Gasteiger charge is 2.34. The maximum absolute atomic E-state index is 12.4. The van der Waals surface area contributed by atoms with Gasteiger partial charge in [0.1, 0.15) is 10.9 Å². The average molecular weight is 293 g/mol. The Hall–Kier alpha value is -1.11. The number of fused-ring (bicyclic) bond motifs is 1. The molecule has 1 heterocycles. The third-order valence-corrected chi connectivity index (χ3v) is 4.05. The Bertz CT molecular complexity index is 470. The molecule has 1 unspecified atom stereocenters. The van der Waals surface area contributed by atoms with E-state index in [1.54, 1.807) is 6.92 Å². The van der Waals surface area contributed by atoms with Crippen molar-refractivity contribution in [3.63, 3.8) is 0 Å². The lowest BCUT2D eigenvalue weighted by molar-refractivity contribution is -0.145. The van der Waals surface area contributed by atoms with Gasteiger partial charge in [-0.2, -0.15) is 13.2 Å². The van der Waals surface area contributed by atoms with Crippen molar-refractivity contribution < 1.29 is 22.7 Å². The number of esters is 1.